The van der Waals surface area contributed by atoms with Gasteiger partial charge in [0.15, 0.2) is 6.61 Å². The number of hydrogen-bond acceptors (Lipinski definition) is 5. The molecule has 2 amide bonds. The van der Waals surface area contributed by atoms with Gasteiger partial charge in [-0.05, 0) is 54.1 Å². The molecule has 1 unspecified atom stereocenters. The fourth-order valence-electron chi connectivity index (χ4n) is 3.29. The van der Waals surface area contributed by atoms with Crippen molar-refractivity contribution in [3.8, 4) is 0 Å². The number of carbonyl (C=O) groups is 3. The summed E-state index contributed by atoms with van der Waals surface area (Å²) in [6.07, 6.45) is 0. The number of rotatable bonds is 9. The minimum atomic E-state index is -0.910. The number of amides is 2. The van der Waals surface area contributed by atoms with Crippen molar-refractivity contribution in [3.63, 3.8) is 0 Å². The first kappa shape index (κ1) is 25.1. The van der Waals surface area contributed by atoms with Gasteiger partial charge in [0.05, 0.1) is 6.04 Å². The molecule has 1 aromatic heterocycles. The normalized spacial score (nSPS) is 12.6. The van der Waals surface area contributed by atoms with E-state index >= 15 is 0 Å². The molecule has 2 aromatic carbocycles. The third kappa shape index (κ3) is 6.74. The molecule has 0 radical (unpaired) electrons. The quantitative estimate of drug-likeness (QED) is 0.443. The molecular formula is C26H27FN2O4S. The predicted octanol–water partition coefficient (Wildman–Crippen LogP) is 4.40. The summed E-state index contributed by atoms with van der Waals surface area (Å²) in [5.41, 5.74) is 2.15. The molecule has 3 rings (SSSR count). The number of hydrogen-bond donors (Lipinski definition) is 2. The molecule has 34 heavy (non-hydrogen) atoms. The van der Waals surface area contributed by atoms with Gasteiger partial charge in [-0.2, -0.15) is 0 Å². The molecule has 0 aliphatic carbocycles. The van der Waals surface area contributed by atoms with Crippen LogP contribution in [-0.2, 0) is 14.3 Å². The Morgan fingerprint density at radius 3 is 2.24 bits per heavy atom. The Balaban J connectivity index is 1.62. The largest absolute Gasteiger partial charge is 0.454 e. The van der Waals surface area contributed by atoms with Crippen molar-refractivity contribution in [1.29, 1.82) is 0 Å². The van der Waals surface area contributed by atoms with Crippen LogP contribution in [0, 0.1) is 18.7 Å². The highest BCUT2D eigenvalue weighted by Crippen LogP contribution is 2.26. The van der Waals surface area contributed by atoms with Gasteiger partial charge in [-0.3, -0.25) is 9.59 Å². The maximum atomic E-state index is 13.3. The molecule has 0 saturated heterocycles. The van der Waals surface area contributed by atoms with Crippen molar-refractivity contribution in [2.75, 3.05) is 6.61 Å². The van der Waals surface area contributed by atoms with E-state index in [1.807, 2.05) is 36.6 Å². The first-order valence-electron chi connectivity index (χ1n) is 10.9. The van der Waals surface area contributed by atoms with Crippen LogP contribution >= 0.6 is 11.3 Å². The molecule has 0 bridgehead atoms. The van der Waals surface area contributed by atoms with Gasteiger partial charge >= 0.3 is 5.97 Å². The van der Waals surface area contributed by atoms with E-state index in [2.05, 4.69) is 10.6 Å². The average molecular weight is 483 g/mol. The lowest BCUT2D eigenvalue weighted by molar-refractivity contribution is -0.151. The first-order valence-corrected chi connectivity index (χ1v) is 11.7. The van der Waals surface area contributed by atoms with E-state index in [1.54, 1.807) is 38.1 Å². The van der Waals surface area contributed by atoms with E-state index in [0.29, 0.717) is 11.1 Å². The number of halogens is 1. The Kier molecular flexibility index (Phi) is 8.54. The van der Waals surface area contributed by atoms with E-state index in [1.165, 1.54) is 23.5 Å². The van der Waals surface area contributed by atoms with Crippen LogP contribution in [0.25, 0.3) is 0 Å². The summed E-state index contributed by atoms with van der Waals surface area (Å²) in [6.45, 7) is 4.97. The minimum Gasteiger partial charge on any atom is -0.454 e. The van der Waals surface area contributed by atoms with Crippen LogP contribution in [0.15, 0.2) is 66.0 Å². The molecule has 0 saturated carbocycles. The van der Waals surface area contributed by atoms with Crippen LogP contribution in [0.1, 0.15) is 46.3 Å². The second-order valence-corrected chi connectivity index (χ2v) is 9.22. The molecule has 3 aromatic rings. The van der Waals surface area contributed by atoms with Gasteiger partial charge in [0.25, 0.3) is 11.8 Å². The van der Waals surface area contributed by atoms with Crippen molar-refractivity contribution >= 4 is 29.1 Å². The number of thiophene rings is 1. The third-order valence-electron chi connectivity index (χ3n) is 5.20. The molecule has 0 spiro atoms. The number of nitrogens with one attached hydrogen (secondary N) is 2. The highest BCUT2D eigenvalue weighted by atomic mass is 32.1. The summed E-state index contributed by atoms with van der Waals surface area (Å²) in [7, 11) is 0. The zero-order valence-corrected chi connectivity index (χ0v) is 20.0. The summed E-state index contributed by atoms with van der Waals surface area (Å²) in [6, 6.07) is 15.1. The minimum absolute atomic E-state index is 0.247. The van der Waals surface area contributed by atoms with Gasteiger partial charge in [-0.25, -0.2) is 9.18 Å². The zero-order valence-electron chi connectivity index (χ0n) is 19.2. The van der Waals surface area contributed by atoms with E-state index in [9.17, 15) is 18.8 Å². The van der Waals surface area contributed by atoms with Crippen LogP contribution < -0.4 is 10.6 Å². The van der Waals surface area contributed by atoms with Gasteiger partial charge < -0.3 is 15.4 Å². The molecule has 0 aliphatic heterocycles. The van der Waals surface area contributed by atoms with Gasteiger partial charge in [0.2, 0.25) is 0 Å². The van der Waals surface area contributed by atoms with Crippen molar-refractivity contribution in [3.05, 3.63) is 93.4 Å². The van der Waals surface area contributed by atoms with Gasteiger partial charge in [0, 0.05) is 10.4 Å². The topological polar surface area (TPSA) is 84.5 Å². The van der Waals surface area contributed by atoms with E-state index in [0.717, 1.165) is 10.4 Å². The third-order valence-corrected chi connectivity index (χ3v) is 6.14. The summed E-state index contributed by atoms with van der Waals surface area (Å²) in [5, 5.41) is 7.40. The summed E-state index contributed by atoms with van der Waals surface area (Å²) < 4.78 is 18.6. The molecule has 2 atom stereocenters. The predicted molar refractivity (Wildman–Crippen MR) is 129 cm³/mol. The standard InChI is InChI=1S/C26H27FN2O4S/c1-16(2)23(29-25(31)19-8-6-17(3)7-9-19)26(32)33-15-22(30)28-24(21-5-4-14-34-21)18-10-12-20(27)13-11-18/h4-14,16,23-24H,15H2,1-3H3,(H,28,30)(H,29,31)/t23-,24?/m0/s1. The van der Waals surface area contributed by atoms with Gasteiger partial charge in [-0.1, -0.05) is 49.7 Å². The Labute approximate surface area is 202 Å². The van der Waals surface area contributed by atoms with E-state index in [-0.39, 0.29) is 11.7 Å². The molecular weight excluding hydrogens is 455 g/mol. The molecule has 8 heteroatoms. The fourth-order valence-corrected chi connectivity index (χ4v) is 4.09. The smallest absolute Gasteiger partial charge is 0.329 e. The average Bonchev–Trinajstić information content (AvgIpc) is 3.35. The second kappa shape index (κ2) is 11.6. The Morgan fingerprint density at radius 2 is 1.65 bits per heavy atom. The number of ether oxygens (including phenoxy) is 1. The number of carbonyl (C=O) groups excluding carboxylic acids is 3. The monoisotopic (exact) mass is 482 g/mol. The van der Waals surface area contributed by atoms with E-state index in [4.69, 9.17) is 4.74 Å². The molecule has 0 fully saturated rings. The lowest BCUT2D eigenvalue weighted by Gasteiger charge is -2.22. The number of benzene rings is 2. The van der Waals surface area contributed by atoms with Crippen LogP contribution in [0.3, 0.4) is 0 Å². The van der Waals surface area contributed by atoms with Crippen LogP contribution in [0.2, 0.25) is 0 Å². The Bertz CT molecular complexity index is 1110. The summed E-state index contributed by atoms with van der Waals surface area (Å²) >= 11 is 1.45. The lowest BCUT2D eigenvalue weighted by atomic mass is 10.0. The summed E-state index contributed by atoms with van der Waals surface area (Å²) in [4.78, 5) is 38.7. The lowest BCUT2D eigenvalue weighted by Crippen LogP contribution is -2.46. The first-order chi connectivity index (χ1) is 16.2. The van der Waals surface area contributed by atoms with Crippen molar-refractivity contribution in [2.45, 2.75) is 32.9 Å². The molecule has 6 nitrogen and oxygen atoms in total. The molecule has 178 valence electrons. The van der Waals surface area contributed by atoms with Crippen LogP contribution in [-0.4, -0.2) is 30.4 Å². The summed E-state index contributed by atoms with van der Waals surface area (Å²) in [5.74, 6) is -2.22. The van der Waals surface area contributed by atoms with E-state index < -0.39 is 36.5 Å². The fraction of sp³-hybridized carbons (Fsp3) is 0.269. The van der Waals surface area contributed by atoms with Crippen molar-refractivity contribution in [2.24, 2.45) is 5.92 Å². The highest BCUT2D eigenvalue weighted by Gasteiger charge is 2.27. The van der Waals surface area contributed by atoms with Gasteiger partial charge in [-0.15, -0.1) is 11.3 Å². The maximum Gasteiger partial charge on any atom is 0.329 e. The van der Waals surface area contributed by atoms with Crippen molar-refractivity contribution in [1.82, 2.24) is 10.6 Å². The SMILES string of the molecule is Cc1ccc(C(=O)N[C@H](C(=O)OCC(=O)NC(c2ccc(F)cc2)c2cccs2)C(C)C)cc1. The molecule has 1 heterocycles. The second-order valence-electron chi connectivity index (χ2n) is 8.24. The van der Waals surface area contributed by atoms with Crippen molar-refractivity contribution < 1.29 is 23.5 Å². The van der Waals surface area contributed by atoms with Crippen LogP contribution in [0.5, 0.6) is 0 Å². The Hall–Kier alpha value is -3.52. The number of esters is 1. The Morgan fingerprint density at radius 1 is 0.971 bits per heavy atom. The van der Waals surface area contributed by atoms with Gasteiger partial charge in [0.1, 0.15) is 11.9 Å². The number of aryl methyl sites for hydroxylation is 1. The highest BCUT2D eigenvalue weighted by molar-refractivity contribution is 7.10. The molecule has 0 aliphatic rings. The zero-order chi connectivity index (χ0) is 24.7. The maximum absolute atomic E-state index is 13.3. The van der Waals surface area contributed by atoms with Crippen LogP contribution in [0.4, 0.5) is 4.39 Å². The molecule has 2 N–H and O–H groups in total.